The molecule has 3 aliphatic carbocycles. The van der Waals surface area contributed by atoms with Crippen molar-refractivity contribution in [3.63, 3.8) is 0 Å². The van der Waals surface area contributed by atoms with E-state index in [9.17, 15) is 5.11 Å². The molecule has 0 aromatic heterocycles. The van der Waals surface area contributed by atoms with Gasteiger partial charge in [0.05, 0.1) is 6.10 Å². The van der Waals surface area contributed by atoms with Crippen LogP contribution < -0.4 is 0 Å². The van der Waals surface area contributed by atoms with Crippen LogP contribution in [0.3, 0.4) is 0 Å². The molecule has 0 heterocycles. The normalized spacial score (nSPS) is 36.9. The molecule has 84 valence electrons. The van der Waals surface area contributed by atoms with Gasteiger partial charge in [-0.3, -0.25) is 0 Å². The van der Waals surface area contributed by atoms with Gasteiger partial charge >= 0.3 is 0 Å². The second kappa shape index (κ2) is 4.15. The lowest BCUT2D eigenvalue weighted by atomic mass is 9.87. The monoisotopic (exact) mass is 326 g/mol. The first-order chi connectivity index (χ1) is 7.79. The van der Waals surface area contributed by atoms with Crippen molar-refractivity contribution >= 4 is 22.6 Å². The molecule has 1 nitrogen and oxygen atoms in total. The smallest absolute Gasteiger partial charge is 0.0834 e. The number of hydrogen-bond acceptors (Lipinski definition) is 1. The van der Waals surface area contributed by atoms with Crippen LogP contribution >= 0.6 is 22.6 Å². The van der Waals surface area contributed by atoms with Gasteiger partial charge in [0.1, 0.15) is 0 Å². The van der Waals surface area contributed by atoms with Crippen LogP contribution in [0.4, 0.5) is 0 Å². The summed E-state index contributed by atoms with van der Waals surface area (Å²) in [6.45, 7) is 0. The minimum absolute atomic E-state index is 0.243. The third kappa shape index (κ3) is 1.54. The molecule has 3 atom stereocenters. The van der Waals surface area contributed by atoms with Crippen LogP contribution in [0.1, 0.15) is 19.3 Å². The van der Waals surface area contributed by atoms with Crippen molar-refractivity contribution in [3.8, 4) is 0 Å². The number of fused-ring (bicyclic) bond motifs is 2. The van der Waals surface area contributed by atoms with E-state index in [0.717, 1.165) is 19.3 Å². The Labute approximate surface area is 110 Å². The van der Waals surface area contributed by atoms with Gasteiger partial charge in [0.15, 0.2) is 0 Å². The van der Waals surface area contributed by atoms with Crippen LogP contribution in [0, 0.1) is 11.8 Å². The molecule has 0 spiro atoms. The Morgan fingerprint density at radius 1 is 1.31 bits per heavy atom. The third-order valence-corrected chi connectivity index (χ3v) is 4.96. The molecule has 3 aliphatic rings. The summed E-state index contributed by atoms with van der Waals surface area (Å²) in [4.78, 5) is 0. The Hall–Kier alpha value is -0.350. The number of halogens is 1. The lowest BCUT2D eigenvalue weighted by Gasteiger charge is -2.21. The first-order valence-electron chi connectivity index (χ1n) is 5.89. The molecule has 0 amide bonds. The Bertz CT molecular complexity index is 428. The Kier molecular flexibility index (Phi) is 2.80. The highest BCUT2D eigenvalue weighted by atomic mass is 127. The molecule has 0 fully saturated rings. The first-order valence-corrected chi connectivity index (χ1v) is 6.96. The van der Waals surface area contributed by atoms with Gasteiger partial charge in [0, 0.05) is 5.92 Å². The van der Waals surface area contributed by atoms with Crippen LogP contribution in [0.15, 0.2) is 45.1 Å². The molecular weight excluding hydrogens is 311 g/mol. The molecule has 0 aromatic rings. The van der Waals surface area contributed by atoms with Crippen molar-refractivity contribution in [2.75, 3.05) is 0 Å². The summed E-state index contributed by atoms with van der Waals surface area (Å²) in [5.74, 6) is 0.812. The maximum absolute atomic E-state index is 10.4. The quantitative estimate of drug-likeness (QED) is 0.676. The van der Waals surface area contributed by atoms with Crippen molar-refractivity contribution in [1.29, 1.82) is 0 Å². The Morgan fingerprint density at radius 3 is 3.06 bits per heavy atom. The van der Waals surface area contributed by atoms with E-state index < -0.39 is 0 Å². The first kappa shape index (κ1) is 10.8. The largest absolute Gasteiger partial charge is 0.388 e. The molecule has 0 saturated heterocycles. The van der Waals surface area contributed by atoms with E-state index in [4.69, 9.17) is 0 Å². The van der Waals surface area contributed by atoms with Gasteiger partial charge in [-0.15, -0.1) is 0 Å². The van der Waals surface area contributed by atoms with Gasteiger partial charge in [-0.1, -0.05) is 30.4 Å². The van der Waals surface area contributed by atoms with E-state index in [1.54, 1.807) is 0 Å². The maximum Gasteiger partial charge on any atom is 0.0834 e. The Balaban J connectivity index is 2.04. The summed E-state index contributed by atoms with van der Waals surface area (Å²) < 4.78 is 1.30. The molecule has 0 bridgehead atoms. The molecular formula is C14H15IO. The fraction of sp³-hybridized carbons (Fsp3) is 0.429. The van der Waals surface area contributed by atoms with Gasteiger partial charge in [0.25, 0.3) is 0 Å². The van der Waals surface area contributed by atoms with Crippen LogP contribution in [0.5, 0.6) is 0 Å². The summed E-state index contributed by atoms with van der Waals surface area (Å²) in [7, 11) is 0. The number of rotatable bonds is 0. The summed E-state index contributed by atoms with van der Waals surface area (Å²) in [5.41, 5.74) is 2.72. The predicted octanol–water partition coefficient (Wildman–Crippen LogP) is 3.52. The van der Waals surface area contributed by atoms with Gasteiger partial charge < -0.3 is 5.11 Å². The van der Waals surface area contributed by atoms with Crippen molar-refractivity contribution in [2.45, 2.75) is 25.4 Å². The van der Waals surface area contributed by atoms with Crippen molar-refractivity contribution in [3.05, 3.63) is 45.1 Å². The van der Waals surface area contributed by atoms with E-state index >= 15 is 0 Å². The second-order valence-electron chi connectivity index (χ2n) is 4.71. The van der Waals surface area contributed by atoms with Gasteiger partial charge in [0.2, 0.25) is 0 Å². The number of allylic oxidation sites excluding steroid dienone is 6. The van der Waals surface area contributed by atoms with Crippen LogP contribution in [0.25, 0.3) is 0 Å². The van der Waals surface area contributed by atoms with Crippen molar-refractivity contribution in [2.24, 2.45) is 11.8 Å². The predicted molar refractivity (Wildman–Crippen MR) is 74.2 cm³/mol. The van der Waals surface area contributed by atoms with Crippen LogP contribution in [-0.2, 0) is 0 Å². The number of hydrogen-bond donors (Lipinski definition) is 1. The van der Waals surface area contributed by atoms with Gasteiger partial charge in [-0.05, 0) is 62.5 Å². The molecule has 3 unspecified atom stereocenters. The molecule has 1 N–H and O–H groups in total. The summed E-state index contributed by atoms with van der Waals surface area (Å²) in [5, 5.41) is 10.4. The molecule has 2 heteroatoms. The summed E-state index contributed by atoms with van der Waals surface area (Å²) >= 11 is 2.39. The Morgan fingerprint density at radius 2 is 2.19 bits per heavy atom. The minimum atomic E-state index is -0.243. The summed E-state index contributed by atoms with van der Waals surface area (Å²) in [6.07, 6.45) is 14.0. The number of aliphatic hydroxyl groups excluding tert-OH is 1. The molecule has 0 saturated carbocycles. The zero-order chi connectivity index (χ0) is 11.1. The summed E-state index contributed by atoms with van der Waals surface area (Å²) in [6, 6.07) is 0. The second-order valence-corrected chi connectivity index (χ2v) is 5.96. The zero-order valence-corrected chi connectivity index (χ0v) is 11.2. The fourth-order valence-corrected chi connectivity index (χ4v) is 4.11. The standard InChI is InChI=1S/C14H15IO/c15-12-8-4-3-6-10-9-5-1-2-7-11(9)14(16)13(10)12/h1,3-5,8,10,13-14,16H,2,6-7H2. The van der Waals surface area contributed by atoms with E-state index in [1.807, 2.05) is 0 Å². The van der Waals surface area contributed by atoms with E-state index in [1.165, 1.54) is 14.7 Å². The van der Waals surface area contributed by atoms with E-state index in [0.29, 0.717) is 11.8 Å². The average molecular weight is 326 g/mol. The average Bonchev–Trinajstić information content (AvgIpc) is 2.46. The minimum Gasteiger partial charge on any atom is -0.388 e. The van der Waals surface area contributed by atoms with Crippen molar-refractivity contribution in [1.82, 2.24) is 0 Å². The number of aliphatic hydroxyl groups is 1. The molecule has 0 radical (unpaired) electrons. The highest BCUT2D eigenvalue weighted by Crippen LogP contribution is 2.49. The van der Waals surface area contributed by atoms with Crippen molar-refractivity contribution < 1.29 is 5.11 Å². The van der Waals surface area contributed by atoms with Crippen LogP contribution in [0.2, 0.25) is 0 Å². The molecule has 0 aliphatic heterocycles. The van der Waals surface area contributed by atoms with Gasteiger partial charge in [-0.25, -0.2) is 0 Å². The zero-order valence-electron chi connectivity index (χ0n) is 9.07. The molecule has 3 rings (SSSR count). The lowest BCUT2D eigenvalue weighted by Crippen LogP contribution is -2.22. The van der Waals surface area contributed by atoms with Gasteiger partial charge in [-0.2, -0.15) is 0 Å². The van der Waals surface area contributed by atoms with E-state index in [2.05, 4.69) is 53.0 Å². The molecule has 16 heavy (non-hydrogen) atoms. The highest BCUT2D eigenvalue weighted by Gasteiger charge is 2.42. The lowest BCUT2D eigenvalue weighted by molar-refractivity contribution is 0.156. The SMILES string of the molecule is OC1C2=C(C=CCC2)C2CC=CC=C(I)C12. The highest BCUT2D eigenvalue weighted by molar-refractivity contribution is 14.1. The fourth-order valence-electron chi connectivity index (χ4n) is 3.12. The molecule has 0 aromatic carbocycles. The van der Waals surface area contributed by atoms with E-state index in [-0.39, 0.29) is 6.10 Å². The van der Waals surface area contributed by atoms with Crippen LogP contribution in [-0.4, -0.2) is 11.2 Å². The topological polar surface area (TPSA) is 20.2 Å². The third-order valence-electron chi connectivity index (χ3n) is 3.88. The maximum atomic E-state index is 10.4.